The average Bonchev–Trinajstić information content (AvgIpc) is 2.54. The number of allylic oxidation sites excluding steroid dienone is 4. The smallest absolute Gasteiger partial charge is 0.341 e. The fourth-order valence-electron chi connectivity index (χ4n) is 2.05. The van der Waals surface area contributed by atoms with Gasteiger partial charge in [0.15, 0.2) is 18.1 Å². The highest BCUT2D eigenvalue weighted by atomic mass is 16.6. The second-order valence-corrected chi connectivity index (χ2v) is 4.58. The Kier molecular flexibility index (Phi) is 5.21. The molecule has 1 aliphatic rings. The van der Waals surface area contributed by atoms with Crippen LogP contribution in [-0.4, -0.2) is 45.6 Å². The van der Waals surface area contributed by atoms with Gasteiger partial charge in [-0.2, -0.15) is 0 Å². The first-order valence-electron chi connectivity index (χ1n) is 6.72. The number of carbonyl (C=O) groups is 1. The Hall–Kier alpha value is -3.00. The number of anilines is 1. The molecule has 23 heavy (non-hydrogen) atoms. The van der Waals surface area contributed by atoms with Crippen molar-refractivity contribution in [1.82, 2.24) is 0 Å². The van der Waals surface area contributed by atoms with Gasteiger partial charge in [-0.25, -0.2) is 4.79 Å². The quantitative estimate of drug-likeness (QED) is 0.273. The number of hydrogen-bond donors (Lipinski definition) is 4. The molecule has 0 aliphatic heterocycles. The molecule has 0 amide bonds. The molecule has 0 saturated carbocycles. The summed E-state index contributed by atoms with van der Waals surface area (Å²) in [4.78, 5) is 15.5. The van der Waals surface area contributed by atoms with E-state index in [2.05, 4.69) is 5.48 Å². The van der Waals surface area contributed by atoms with E-state index in [1.54, 1.807) is 30.4 Å². The van der Waals surface area contributed by atoms with Gasteiger partial charge in [-0.15, -0.1) is 0 Å². The van der Waals surface area contributed by atoms with Crippen LogP contribution < -0.4 is 5.48 Å². The number of phenols is 1. The zero-order chi connectivity index (χ0) is 16.8. The second kappa shape index (κ2) is 7.32. The Bertz CT molecular complexity index is 693. The normalized spacial score (nSPS) is 15.8. The number of hydrogen-bond acceptors (Lipinski definition) is 6. The topological polar surface area (TPSA) is 111 Å². The van der Waals surface area contributed by atoms with Crippen molar-refractivity contribution >= 4 is 23.1 Å². The molecule has 1 aliphatic carbocycles. The molecular weight excluding hydrogens is 304 g/mol. The molecule has 1 aromatic rings. The Morgan fingerprint density at radius 2 is 2.22 bits per heavy atom. The standard InChI is InChI=1S/C15H16N2O6/c1-22-16-15-11(6-4-7-12(15)18)17(21)10-5-2-3-8-13(10)23-9-14(19)20/h2-4,6-8,16H,5,9H2,1H3,(H2-,18,19,20,21)/p+1/b17-10-. The van der Waals surface area contributed by atoms with Gasteiger partial charge in [0.2, 0.25) is 0 Å². The summed E-state index contributed by atoms with van der Waals surface area (Å²) in [6.45, 7) is -0.528. The molecule has 2 rings (SSSR count). The van der Waals surface area contributed by atoms with Crippen molar-refractivity contribution in [3.63, 3.8) is 0 Å². The van der Waals surface area contributed by atoms with E-state index in [1.165, 1.54) is 13.2 Å². The Morgan fingerprint density at radius 3 is 2.91 bits per heavy atom. The molecule has 0 saturated heterocycles. The van der Waals surface area contributed by atoms with Gasteiger partial charge in [-0.05, 0) is 12.1 Å². The molecule has 0 fully saturated rings. The third kappa shape index (κ3) is 3.80. The Balaban J connectivity index is 2.43. The van der Waals surface area contributed by atoms with Gasteiger partial charge in [0.1, 0.15) is 5.75 Å². The van der Waals surface area contributed by atoms with Crippen molar-refractivity contribution < 1.29 is 34.5 Å². The maximum absolute atomic E-state index is 10.7. The molecule has 0 unspecified atom stereocenters. The molecule has 0 bridgehead atoms. The number of nitrogens with zero attached hydrogens (tertiary/aromatic N) is 1. The maximum Gasteiger partial charge on any atom is 0.341 e. The molecule has 122 valence electrons. The van der Waals surface area contributed by atoms with Crippen LogP contribution in [0.15, 0.2) is 42.2 Å². The fourth-order valence-corrected chi connectivity index (χ4v) is 2.05. The first kappa shape index (κ1) is 16.4. The summed E-state index contributed by atoms with van der Waals surface area (Å²) in [7, 11) is 1.37. The van der Waals surface area contributed by atoms with Crippen molar-refractivity contribution in [2.45, 2.75) is 6.42 Å². The second-order valence-electron chi connectivity index (χ2n) is 4.58. The van der Waals surface area contributed by atoms with Gasteiger partial charge in [0, 0.05) is 10.8 Å². The SMILES string of the molecule is CONc1c(O)cccc1/[N+](O)=C1\CC=CC=C1OCC(=O)O. The van der Waals surface area contributed by atoms with E-state index in [0.717, 1.165) is 4.74 Å². The van der Waals surface area contributed by atoms with Crippen LogP contribution in [0.2, 0.25) is 0 Å². The molecule has 0 aromatic heterocycles. The lowest BCUT2D eigenvalue weighted by molar-refractivity contribution is -0.713. The molecule has 8 heteroatoms. The molecule has 1 aromatic carbocycles. The summed E-state index contributed by atoms with van der Waals surface area (Å²) < 4.78 is 6.00. The lowest BCUT2D eigenvalue weighted by Gasteiger charge is -2.11. The molecule has 0 atom stereocenters. The summed E-state index contributed by atoms with van der Waals surface area (Å²) in [5.74, 6) is -1.01. The highest BCUT2D eigenvalue weighted by Gasteiger charge is 2.28. The monoisotopic (exact) mass is 321 g/mol. The number of carboxylic acid groups (broad SMARTS) is 1. The van der Waals surface area contributed by atoms with E-state index in [-0.39, 0.29) is 22.9 Å². The van der Waals surface area contributed by atoms with Gasteiger partial charge < -0.3 is 14.9 Å². The van der Waals surface area contributed by atoms with Gasteiger partial charge in [-0.1, -0.05) is 18.2 Å². The van der Waals surface area contributed by atoms with Crippen molar-refractivity contribution in [2.24, 2.45) is 0 Å². The zero-order valence-corrected chi connectivity index (χ0v) is 12.4. The number of carboxylic acids is 1. The van der Waals surface area contributed by atoms with E-state index in [0.29, 0.717) is 12.1 Å². The first-order valence-corrected chi connectivity index (χ1v) is 6.72. The molecule has 0 spiro atoms. The third-order valence-corrected chi connectivity index (χ3v) is 3.04. The zero-order valence-electron chi connectivity index (χ0n) is 12.4. The number of ether oxygens (including phenoxy) is 1. The summed E-state index contributed by atoms with van der Waals surface area (Å²) in [6.07, 6.45) is 5.35. The lowest BCUT2D eigenvalue weighted by Crippen LogP contribution is -2.21. The van der Waals surface area contributed by atoms with Crippen molar-refractivity contribution in [3.05, 3.63) is 42.2 Å². The van der Waals surface area contributed by atoms with Gasteiger partial charge in [0.05, 0.1) is 13.5 Å². The number of phenolic OH excluding ortho intramolecular Hbond substituents is 1. The minimum atomic E-state index is -1.12. The number of aromatic hydroxyl groups is 1. The van der Waals surface area contributed by atoms with Crippen LogP contribution in [0.1, 0.15) is 6.42 Å². The molecule has 0 heterocycles. The Morgan fingerprint density at radius 1 is 1.43 bits per heavy atom. The first-order chi connectivity index (χ1) is 11.0. The number of rotatable bonds is 6. The highest BCUT2D eigenvalue weighted by molar-refractivity contribution is 5.97. The summed E-state index contributed by atoms with van der Waals surface area (Å²) in [5.41, 5.74) is 3.21. The van der Waals surface area contributed by atoms with Gasteiger partial charge >= 0.3 is 5.97 Å². The van der Waals surface area contributed by atoms with E-state index < -0.39 is 12.6 Å². The summed E-state index contributed by atoms with van der Waals surface area (Å²) in [5, 5.41) is 29.1. The van der Waals surface area contributed by atoms with Crippen LogP contribution in [-0.2, 0) is 14.4 Å². The van der Waals surface area contributed by atoms with Crippen LogP contribution in [0.4, 0.5) is 11.4 Å². The van der Waals surface area contributed by atoms with Crippen molar-refractivity contribution in [3.8, 4) is 5.75 Å². The van der Waals surface area contributed by atoms with Crippen LogP contribution >= 0.6 is 0 Å². The van der Waals surface area contributed by atoms with E-state index >= 15 is 0 Å². The molecular formula is C15H17N2O6+. The summed E-state index contributed by atoms with van der Waals surface area (Å²) in [6, 6.07) is 4.54. The van der Waals surface area contributed by atoms with Crippen LogP contribution in [0, 0.1) is 0 Å². The molecule has 0 radical (unpaired) electrons. The minimum absolute atomic E-state index is 0.118. The average molecular weight is 321 g/mol. The fraction of sp³-hybridized carbons (Fsp3) is 0.200. The van der Waals surface area contributed by atoms with Gasteiger partial charge in [0.25, 0.3) is 11.4 Å². The molecule has 8 nitrogen and oxygen atoms in total. The number of nitrogens with one attached hydrogen (secondary N) is 1. The predicted molar refractivity (Wildman–Crippen MR) is 80.9 cm³/mol. The van der Waals surface area contributed by atoms with E-state index in [4.69, 9.17) is 14.7 Å². The van der Waals surface area contributed by atoms with Crippen LogP contribution in [0.25, 0.3) is 0 Å². The third-order valence-electron chi connectivity index (χ3n) is 3.04. The van der Waals surface area contributed by atoms with E-state index in [1.807, 2.05) is 0 Å². The number of aliphatic carboxylic acids is 1. The van der Waals surface area contributed by atoms with E-state index in [9.17, 15) is 15.1 Å². The highest BCUT2D eigenvalue weighted by Crippen LogP contribution is 2.33. The predicted octanol–water partition coefficient (Wildman–Crippen LogP) is 1.78. The van der Waals surface area contributed by atoms with Crippen LogP contribution in [0.3, 0.4) is 0 Å². The van der Waals surface area contributed by atoms with Crippen molar-refractivity contribution in [1.29, 1.82) is 0 Å². The van der Waals surface area contributed by atoms with Gasteiger partial charge in [-0.3, -0.25) is 15.5 Å². The number of para-hydroxylation sites is 1. The number of benzene rings is 1. The lowest BCUT2D eigenvalue weighted by atomic mass is 10.1. The Labute approximate surface area is 132 Å². The largest absolute Gasteiger partial charge is 0.505 e. The van der Waals surface area contributed by atoms with Crippen LogP contribution in [0.5, 0.6) is 5.75 Å². The van der Waals surface area contributed by atoms with Crippen molar-refractivity contribution in [2.75, 3.05) is 19.2 Å². The minimum Gasteiger partial charge on any atom is -0.505 e. The molecule has 4 N–H and O–H groups in total. The summed E-state index contributed by atoms with van der Waals surface area (Å²) >= 11 is 0. The maximum atomic E-state index is 10.7.